The van der Waals surface area contributed by atoms with Crippen LogP contribution in [-0.2, 0) is 6.42 Å². The van der Waals surface area contributed by atoms with Gasteiger partial charge in [-0.3, -0.25) is 0 Å². The maximum atomic E-state index is 12.8. The maximum Gasteiger partial charge on any atom is 0.320 e. The molecule has 0 bridgehead atoms. The molecule has 8 heteroatoms. The average molecular weight is 375 g/mol. The molecular formula is C18H25N5O2S. The SMILES string of the molecule is CN1CCN(C(=O)N2CCCC(Cc3nc(-c4ccsc4)no3)C2)CC1. The molecule has 2 aliphatic rings. The second-order valence-corrected chi connectivity index (χ2v) is 8.04. The number of hydrogen-bond donors (Lipinski definition) is 0. The normalized spacial score (nSPS) is 22.0. The molecule has 0 saturated carbocycles. The fraction of sp³-hybridized carbons (Fsp3) is 0.611. The van der Waals surface area contributed by atoms with Crippen molar-refractivity contribution in [3.05, 3.63) is 22.7 Å². The summed E-state index contributed by atoms with van der Waals surface area (Å²) in [6, 6.07) is 2.18. The van der Waals surface area contributed by atoms with E-state index in [9.17, 15) is 4.79 Å². The van der Waals surface area contributed by atoms with Gasteiger partial charge in [-0.2, -0.15) is 16.3 Å². The zero-order chi connectivity index (χ0) is 17.9. The molecule has 2 amide bonds. The molecule has 0 aromatic carbocycles. The third-order valence-electron chi connectivity index (χ3n) is 5.27. The van der Waals surface area contributed by atoms with Crippen LogP contribution in [0.5, 0.6) is 0 Å². The summed E-state index contributed by atoms with van der Waals surface area (Å²) >= 11 is 1.62. The molecule has 0 radical (unpaired) electrons. The van der Waals surface area contributed by atoms with Crippen molar-refractivity contribution in [2.75, 3.05) is 46.3 Å². The molecule has 2 aromatic rings. The monoisotopic (exact) mass is 375 g/mol. The highest BCUT2D eigenvalue weighted by molar-refractivity contribution is 7.08. The number of likely N-dealkylation sites (N-methyl/N-ethyl adjacent to an activating group) is 1. The van der Waals surface area contributed by atoms with Gasteiger partial charge in [0.2, 0.25) is 11.7 Å². The lowest BCUT2D eigenvalue weighted by atomic mass is 9.95. The molecule has 1 unspecified atom stereocenters. The van der Waals surface area contributed by atoms with E-state index in [-0.39, 0.29) is 6.03 Å². The fourth-order valence-corrected chi connectivity index (χ4v) is 4.33. The summed E-state index contributed by atoms with van der Waals surface area (Å²) in [5.74, 6) is 1.71. The summed E-state index contributed by atoms with van der Waals surface area (Å²) in [6.07, 6.45) is 2.88. The highest BCUT2D eigenvalue weighted by Crippen LogP contribution is 2.24. The molecule has 7 nitrogen and oxygen atoms in total. The molecule has 1 atom stereocenters. The Morgan fingerprint density at radius 2 is 2.12 bits per heavy atom. The zero-order valence-corrected chi connectivity index (χ0v) is 16.0. The van der Waals surface area contributed by atoms with Crippen LogP contribution in [0, 0.1) is 5.92 Å². The van der Waals surface area contributed by atoms with Crippen molar-refractivity contribution in [3.63, 3.8) is 0 Å². The van der Waals surface area contributed by atoms with Crippen molar-refractivity contribution < 1.29 is 9.32 Å². The first kappa shape index (κ1) is 17.5. The van der Waals surface area contributed by atoms with Gasteiger partial charge in [0.15, 0.2) is 0 Å². The number of carbonyl (C=O) groups excluding carboxylic acids is 1. The third kappa shape index (κ3) is 3.91. The van der Waals surface area contributed by atoms with Gasteiger partial charge in [0.1, 0.15) is 0 Å². The van der Waals surface area contributed by atoms with Crippen molar-refractivity contribution in [1.29, 1.82) is 0 Å². The lowest BCUT2D eigenvalue weighted by Gasteiger charge is -2.39. The molecule has 0 aliphatic carbocycles. The van der Waals surface area contributed by atoms with Crippen molar-refractivity contribution in [2.45, 2.75) is 19.3 Å². The van der Waals surface area contributed by atoms with E-state index >= 15 is 0 Å². The Morgan fingerprint density at radius 3 is 2.88 bits per heavy atom. The number of carbonyl (C=O) groups is 1. The number of piperidine rings is 1. The van der Waals surface area contributed by atoms with Crippen LogP contribution in [-0.4, -0.2) is 77.2 Å². The molecule has 2 fully saturated rings. The Morgan fingerprint density at radius 1 is 1.27 bits per heavy atom. The van der Waals surface area contributed by atoms with Crippen molar-refractivity contribution in [2.24, 2.45) is 5.92 Å². The number of amides is 2. The smallest absolute Gasteiger partial charge is 0.320 e. The molecule has 2 saturated heterocycles. The zero-order valence-electron chi connectivity index (χ0n) is 15.1. The van der Waals surface area contributed by atoms with Crippen LogP contribution in [0.1, 0.15) is 18.7 Å². The first-order valence-corrected chi connectivity index (χ1v) is 10.2. The van der Waals surface area contributed by atoms with Gasteiger partial charge in [-0.1, -0.05) is 5.16 Å². The molecule has 4 heterocycles. The van der Waals surface area contributed by atoms with E-state index in [1.165, 1.54) is 0 Å². The Hall–Kier alpha value is -1.93. The van der Waals surface area contributed by atoms with Crippen LogP contribution in [0.3, 0.4) is 0 Å². The first-order chi connectivity index (χ1) is 12.7. The van der Waals surface area contributed by atoms with Crippen molar-refractivity contribution >= 4 is 17.4 Å². The minimum absolute atomic E-state index is 0.187. The van der Waals surface area contributed by atoms with E-state index in [0.29, 0.717) is 17.6 Å². The number of rotatable bonds is 3. The molecule has 2 aromatic heterocycles. The lowest BCUT2D eigenvalue weighted by Crippen LogP contribution is -2.53. The number of thiophene rings is 1. The second kappa shape index (κ2) is 7.75. The maximum absolute atomic E-state index is 12.8. The Bertz CT molecular complexity index is 724. The summed E-state index contributed by atoms with van der Waals surface area (Å²) < 4.78 is 5.44. The average Bonchev–Trinajstić information content (AvgIpc) is 3.34. The Kier molecular flexibility index (Phi) is 5.21. The van der Waals surface area contributed by atoms with E-state index in [2.05, 4.69) is 22.1 Å². The van der Waals surface area contributed by atoms with E-state index in [4.69, 9.17) is 4.52 Å². The van der Waals surface area contributed by atoms with E-state index in [0.717, 1.165) is 64.1 Å². The van der Waals surface area contributed by atoms with Gasteiger partial charge in [0.25, 0.3) is 0 Å². The van der Waals surface area contributed by atoms with E-state index in [1.54, 1.807) is 11.3 Å². The Labute approximate surface area is 157 Å². The summed E-state index contributed by atoms with van der Waals surface area (Å²) in [5, 5.41) is 8.11. The predicted molar refractivity (Wildman–Crippen MR) is 100 cm³/mol. The largest absolute Gasteiger partial charge is 0.339 e. The summed E-state index contributed by atoms with van der Waals surface area (Å²) in [5.41, 5.74) is 1.00. The lowest BCUT2D eigenvalue weighted by molar-refractivity contribution is 0.104. The highest BCUT2D eigenvalue weighted by atomic mass is 32.1. The number of nitrogens with zero attached hydrogens (tertiary/aromatic N) is 5. The van der Waals surface area contributed by atoms with Gasteiger partial charge in [-0.05, 0) is 37.3 Å². The molecule has 140 valence electrons. The highest BCUT2D eigenvalue weighted by Gasteiger charge is 2.29. The number of aromatic nitrogens is 2. The Balaban J connectivity index is 1.34. The summed E-state index contributed by atoms with van der Waals surface area (Å²) in [4.78, 5) is 23.6. The van der Waals surface area contributed by atoms with Gasteiger partial charge in [0, 0.05) is 56.6 Å². The quantitative estimate of drug-likeness (QED) is 0.824. The minimum atomic E-state index is 0.187. The number of urea groups is 1. The molecule has 0 N–H and O–H groups in total. The predicted octanol–water partition coefficient (Wildman–Crippen LogP) is 2.42. The summed E-state index contributed by atoms with van der Waals surface area (Å²) in [7, 11) is 2.10. The third-order valence-corrected chi connectivity index (χ3v) is 5.96. The molecule has 26 heavy (non-hydrogen) atoms. The van der Waals surface area contributed by atoms with Gasteiger partial charge in [-0.15, -0.1) is 0 Å². The molecule has 4 rings (SSSR count). The van der Waals surface area contributed by atoms with Crippen molar-refractivity contribution in [3.8, 4) is 11.4 Å². The second-order valence-electron chi connectivity index (χ2n) is 7.26. The van der Waals surface area contributed by atoms with E-state index < -0.39 is 0 Å². The van der Waals surface area contributed by atoms with Gasteiger partial charge >= 0.3 is 6.03 Å². The van der Waals surface area contributed by atoms with E-state index in [1.807, 2.05) is 26.6 Å². The number of likely N-dealkylation sites (tertiary alicyclic amines) is 1. The standard InChI is InChI=1S/C18H25N5O2S/c1-21-6-8-22(9-7-21)18(24)23-5-2-3-14(12-23)11-16-19-17(20-25-16)15-4-10-26-13-15/h4,10,13-14H,2-3,5-9,11-12H2,1H3. The summed E-state index contributed by atoms with van der Waals surface area (Å²) in [6.45, 7) is 5.19. The molecule has 0 spiro atoms. The molecule has 2 aliphatic heterocycles. The van der Waals surface area contributed by atoms with Crippen LogP contribution in [0.4, 0.5) is 4.79 Å². The van der Waals surface area contributed by atoms with Gasteiger partial charge in [-0.25, -0.2) is 4.79 Å². The minimum Gasteiger partial charge on any atom is -0.339 e. The van der Waals surface area contributed by atoms with Crippen LogP contribution in [0.25, 0.3) is 11.4 Å². The van der Waals surface area contributed by atoms with Crippen LogP contribution < -0.4 is 0 Å². The first-order valence-electron chi connectivity index (χ1n) is 9.26. The van der Waals surface area contributed by atoms with Gasteiger partial charge in [0.05, 0.1) is 0 Å². The number of hydrogen-bond acceptors (Lipinski definition) is 6. The topological polar surface area (TPSA) is 65.7 Å². The van der Waals surface area contributed by atoms with Crippen LogP contribution in [0.15, 0.2) is 21.3 Å². The molecular weight excluding hydrogens is 350 g/mol. The fourth-order valence-electron chi connectivity index (χ4n) is 3.70. The van der Waals surface area contributed by atoms with Gasteiger partial charge < -0.3 is 19.2 Å². The van der Waals surface area contributed by atoms with Crippen LogP contribution in [0.2, 0.25) is 0 Å². The van der Waals surface area contributed by atoms with Crippen molar-refractivity contribution in [1.82, 2.24) is 24.8 Å². The number of piperazine rings is 1. The van der Waals surface area contributed by atoms with Crippen LogP contribution >= 0.6 is 11.3 Å².